The molecule has 8 heteroatoms. The van der Waals surface area contributed by atoms with Crippen molar-refractivity contribution in [2.24, 2.45) is 0 Å². The fraction of sp³-hybridized carbons (Fsp3) is 0.345. The Balaban J connectivity index is 1.59. The molecule has 3 atom stereocenters. The van der Waals surface area contributed by atoms with Gasteiger partial charge in [-0.1, -0.05) is 72.8 Å². The van der Waals surface area contributed by atoms with E-state index in [0.717, 1.165) is 21.9 Å². The monoisotopic (exact) mass is 520 g/mol. The number of nitrogens with zero attached hydrogens (tertiary/aromatic N) is 1. The number of carboxylic acids is 1. The largest absolute Gasteiger partial charge is 0.480 e. The van der Waals surface area contributed by atoms with E-state index >= 15 is 0 Å². The van der Waals surface area contributed by atoms with E-state index in [0.29, 0.717) is 24.3 Å². The maximum atomic E-state index is 13.8. The molecule has 1 heterocycles. The lowest BCUT2D eigenvalue weighted by atomic mass is 9.98. The summed E-state index contributed by atoms with van der Waals surface area (Å²) in [6, 6.07) is 21.8. The van der Waals surface area contributed by atoms with Crippen LogP contribution >= 0.6 is 11.8 Å². The van der Waals surface area contributed by atoms with Gasteiger partial charge in [0.2, 0.25) is 5.91 Å². The molecule has 3 unspecified atom stereocenters. The molecule has 1 fully saturated rings. The zero-order valence-electron chi connectivity index (χ0n) is 20.8. The summed E-state index contributed by atoms with van der Waals surface area (Å²) in [6.07, 6.45) is 1.10. The maximum absolute atomic E-state index is 13.8. The Hall–Kier alpha value is -3.36. The van der Waals surface area contributed by atoms with Gasteiger partial charge in [-0.05, 0) is 41.7 Å². The SMILES string of the molecule is CCOC(=O)C(CCc1ccccc1)NC1CSCC(c2cccc3ccccc23)N(CC(=O)O)C1=O. The van der Waals surface area contributed by atoms with Crippen molar-refractivity contribution < 1.29 is 24.2 Å². The van der Waals surface area contributed by atoms with Crippen LogP contribution in [0, 0.1) is 0 Å². The molecular formula is C29H32N2O5S. The summed E-state index contributed by atoms with van der Waals surface area (Å²) in [7, 11) is 0. The zero-order valence-corrected chi connectivity index (χ0v) is 21.7. The Kier molecular flexibility index (Phi) is 9.19. The van der Waals surface area contributed by atoms with Gasteiger partial charge in [0.15, 0.2) is 0 Å². The number of aliphatic carboxylic acids is 1. The number of fused-ring (bicyclic) bond motifs is 1. The molecular weight excluding hydrogens is 488 g/mol. The Morgan fingerprint density at radius 3 is 2.54 bits per heavy atom. The number of benzene rings is 3. The molecule has 3 aromatic carbocycles. The highest BCUT2D eigenvalue weighted by molar-refractivity contribution is 7.99. The van der Waals surface area contributed by atoms with Gasteiger partial charge in [-0.15, -0.1) is 0 Å². The van der Waals surface area contributed by atoms with Crippen molar-refractivity contribution in [1.82, 2.24) is 10.2 Å². The Morgan fingerprint density at radius 2 is 1.78 bits per heavy atom. The van der Waals surface area contributed by atoms with E-state index < -0.39 is 36.6 Å². The topological polar surface area (TPSA) is 95.9 Å². The van der Waals surface area contributed by atoms with Crippen molar-refractivity contribution >= 4 is 40.4 Å². The highest BCUT2D eigenvalue weighted by atomic mass is 32.2. The molecule has 0 radical (unpaired) electrons. The van der Waals surface area contributed by atoms with E-state index in [-0.39, 0.29) is 12.5 Å². The molecule has 1 aliphatic rings. The summed E-state index contributed by atoms with van der Waals surface area (Å²) in [5, 5.41) is 15.0. The third kappa shape index (κ3) is 6.70. The van der Waals surface area contributed by atoms with E-state index in [1.165, 1.54) is 4.90 Å². The van der Waals surface area contributed by atoms with Crippen LogP contribution in [-0.2, 0) is 25.5 Å². The first-order valence-corrected chi connectivity index (χ1v) is 13.7. The summed E-state index contributed by atoms with van der Waals surface area (Å²) in [5.41, 5.74) is 2.01. The number of hydrogen-bond donors (Lipinski definition) is 2. The van der Waals surface area contributed by atoms with Crippen molar-refractivity contribution in [3.8, 4) is 0 Å². The second-order valence-electron chi connectivity index (χ2n) is 9.03. The number of carboxylic acid groups (broad SMARTS) is 1. The molecule has 4 rings (SSSR count). The average Bonchev–Trinajstić information content (AvgIpc) is 3.05. The van der Waals surface area contributed by atoms with Crippen LogP contribution in [0.1, 0.15) is 30.5 Å². The van der Waals surface area contributed by atoms with Crippen LogP contribution in [0.2, 0.25) is 0 Å². The van der Waals surface area contributed by atoms with Gasteiger partial charge in [0.25, 0.3) is 0 Å². The maximum Gasteiger partial charge on any atom is 0.323 e. The normalized spacial score (nSPS) is 18.8. The number of ether oxygens (including phenoxy) is 1. The molecule has 0 aromatic heterocycles. The second kappa shape index (κ2) is 12.7. The number of amides is 1. The number of thioether (sulfide) groups is 1. The molecule has 0 aliphatic carbocycles. The number of esters is 1. The second-order valence-corrected chi connectivity index (χ2v) is 10.1. The molecule has 0 saturated carbocycles. The summed E-state index contributed by atoms with van der Waals surface area (Å²) in [6.45, 7) is 1.58. The third-order valence-corrected chi connectivity index (χ3v) is 7.66. The molecule has 1 aliphatic heterocycles. The highest BCUT2D eigenvalue weighted by Gasteiger charge is 2.37. The van der Waals surface area contributed by atoms with Crippen LogP contribution in [0.5, 0.6) is 0 Å². The smallest absolute Gasteiger partial charge is 0.323 e. The van der Waals surface area contributed by atoms with Crippen LogP contribution in [0.3, 0.4) is 0 Å². The number of hydrogen-bond acceptors (Lipinski definition) is 6. The Labute approximate surface area is 221 Å². The van der Waals surface area contributed by atoms with Crippen LogP contribution < -0.4 is 5.32 Å². The van der Waals surface area contributed by atoms with Crippen LogP contribution in [0.15, 0.2) is 72.8 Å². The summed E-state index contributed by atoms with van der Waals surface area (Å²) >= 11 is 1.58. The van der Waals surface area contributed by atoms with Gasteiger partial charge < -0.3 is 14.7 Å². The summed E-state index contributed by atoms with van der Waals surface area (Å²) < 4.78 is 5.30. The molecule has 3 aromatic rings. The Bertz CT molecular complexity index is 1230. The van der Waals surface area contributed by atoms with Gasteiger partial charge in [-0.3, -0.25) is 19.7 Å². The van der Waals surface area contributed by atoms with Gasteiger partial charge in [-0.2, -0.15) is 11.8 Å². The Morgan fingerprint density at radius 1 is 1.05 bits per heavy atom. The van der Waals surface area contributed by atoms with E-state index in [9.17, 15) is 19.5 Å². The van der Waals surface area contributed by atoms with Crippen molar-refractivity contribution in [2.45, 2.75) is 37.9 Å². The number of rotatable bonds is 10. The minimum Gasteiger partial charge on any atom is -0.480 e. The molecule has 1 amide bonds. The van der Waals surface area contributed by atoms with Gasteiger partial charge in [0, 0.05) is 11.5 Å². The molecule has 0 spiro atoms. The molecule has 0 bridgehead atoms. The molecule has 2 N–H and O–H groups in total. The van der Waals surface area contributed by atoms with Crippen molar-refractivity contribution in [2.75, 3.05) is 24.7 Å². The van der Waals surface area contributed by atoms with Crippen molar-refractivity contribution in [3.05, 3.63) is 83.9 Å². The quantitative estimate of drug-likeness (QED) is 0.389. The lowest BCUT2D eigenvalue weighted by Crippen LogP contribution is -2.54. The molecule has 37 heavy (non-hydrogen) atoms. The minimum absolute atomic E-state index is 0.240. The summed E-state index contributed by atoms with van der Waals surface area (Å²) in [4.78, 5) is 39.9. The predicted octanol–water partition coefficient (Wildman–Crippen LogP) is 4.06. The summed E-state index contributed by atoms with van der Waals surface area (Å²) in [5.74, 6) is -0.818. The molecule has 1 saturated heterocycles. The van der Waals surface area contributed by atoms with Gasteiger partial charge in [0.05, 0.1) is 18.7 Å². The van der Waals surface area contributed by atoms with Crippen molar-refractivity contribution in [3.63, 3.8) is 0 Å². The standard InChI is InChI=1S/C29H32N2O5S/c1-2-36-29(35)24(16-15-20-9-4-3-5-10-20)30-25-18-37-19-26(31(28(25)34)17-27(32)33)23-14-8-12-21-11-6-7-13-22(21)23/h3-14,24-26,30H,2,15-19H2,1H3,(H,32,33). The number of aryl methyl sites for hydroxylation is 1. The first-order valence-electron chi connectivity index (χ1n) is 12.5. The lowest BCUT2D eigenvalue weighted by Gasteiger charge is -2.32. The minimum atomic E-state index is -1.07. The predicted molar refractivity (Wildman–Crippen MR) is 145 cm³/mol. The van der Waals surface area contributed by atoms with E-state index in [4.69, 9.17) is 4.74 Å². The molecule has 194 valence electrons. The first kappa shape index (κ1) is 26.7. The zero-order chi connectivity index (χ0) is 26.2. The first-order chi connectivity index (χ1) is 18.0. The fourth-order valence-electron chi connectivity index (χ4n) is 4.78. The molecule has 7 nitrogen and oxygen atoms in total. The van der Waals surface area contributed by atoms with E-state index in [2.05, 4.69) is 5.32 Å². The fourth-order valence-corrected chi connectivity index (χ4v) is 5.97. The van der Waals surface area contributed by atoms with Crippen LogP contribution in [0.4, 0.5) is 0 Å². The van der Waals surface area contributed by atoms with Crippen LogP contribution in [-0.4, -0.2) is 64.6 Å². The van der Waals surface area contributed by atoms with Crippen molar-refractivity contribution in [1.29, 1.82) is 0 Å². The number of carbonyl (C=O) groups excluding carboxylic acids is 2. The van der Waals surface area contributed by atoms with Gasteiger partial charge in [-0.25, -0.2) is 0 Å². The van der Waals surface area contributed by atoms with Crippen LogP contribution in [0.25, 0.3) is 10.8 Å². The number of carbonyl (C=O) groups is 3. The third-order valence-electron chi connectivity index (χ3n) is 6.54. The lowest BCUT2D eigenvalue weighted by molar-refractivity contribution is -0.149. The van der Waals surface area contributed by atoms with Gasteiger partial charge in [0.1, 0.15) is 12.6 Å². The average molecular weight is 521 g/mol. The number of nitrogens with one attached hydrogen (secondary N) is 1. The van der Waals surface area contributed by atoms with E-state index in [1.807, 2.05) is 72.8 Å². The van der Waals surface area contributed by atoms with E-state index in [1.54, 1.807) is 18.7 Å². The van der Waals surface area contributed by atoms with Gasteiger partial charge >= 0.3 is 11.9 Å². The highest BCUT2D eigenvalue weighted by Crippen LogP contribution is 2.34.